The summed E-state index contributed by atoms with van der Waals surface area (Å²) in [7, 11) is -2.13. The van der Waals surface area contributed by atoms with Gasteiger partial charge in [0.25, 0.3) is 5.91 Å². The van der Waals surface area contributed by atoms with Gasteiger partial charge in [0.15, 0.2) is 5.71 Å². The van der Waals surface area contributed by atoms with Crippen molar-refractivity contribution in [1.82, 2.24) is 30.4 Å². The minimum absolute atomic E-state index is 0.0333. The highest BCUT2D eigenvalue weighted by Gasteiger charge is 2.57. The third-order valence-electron chi connectivity index (χ3n) is 5.82. The van der Waals surface area contributed by atoms with Crippen LogP contribution in [0.2, 0.25) is 0 Å². The van der Waals surface area contributed by atoms with Crippen LogP contribution in [0.1, 0.15) is 5.56 Å². The molecule has 2 aliphatic rings. The standard InChI is InChI=1S/C19H22N8O8S3/c1-26-18(21-24-25-26)37-8-19(17(31)32)6-27-15(30)13(16(27)36-7-19)20-14(29)12(22-33)9-3-4-11(28)10(5-9)23-38(2,34)35/h3-5,13,16,23,28,33H,6-8H2,1-2H3,(H,20,29)(H,31,32)/t13?,16-,19?/m1/s1. The van der Waals surface area contributed by atoms with Crippen LogP contribution in [0.3, 0.4) is 0 Å². The molecule has 2 unspecified atom stereocenters. The third kappa shape index (κ3) is 5.34. The maximum Gasteiger partial charge on any atom is 0.313 e. The average Bonchev–Trinajstić information content (AvgIpc) is 3.27. The van der Waals surface area contributed by atoms with Crippen molar-refractivity contribution >= 4 is 62.7 Å². The van der Waals surface area contributed by atoms with Gasteiger partial charge in [-0.15, -0.1) is 16.9 Å². The van der Waals surface area contributed by atoms with Gasteiger partial charge in [0, 0.05) is 30.7 Å². The van der Waals surface area contributed by atoms with E-state index in [1.807, 2.05) is 0 Å². The Morgan fingerprint density at radius 2 is 2.11 bits per heavy atom. The number of carboxylic acids is 1. The highest BCUT2D eigenvalue weighted by Crippen LogP contribution is 2.44. The molecule has 38 heavy (non-hydrogen) atoms. The first-order chi connectivity index (χ1) is 17.8. The first kappa shape index (κ1) is 27.5. The summed E-state index contributed by atoms with van der Waals surface area (Å²) in [4.78, 5) is 39.3. The topological polar surface area (TPSA) is 229 Å². The molecule has 1 aromatic heterocycles. The number of sulfonamides is 1. The molecule has 5 N–H and O–H groups in total. The molecular weight excluding hydrogens is 564 g/mol. The number of phenols is 1. The SMILES string of the molecule is Cn1nnnc1SCC1(C(=O)O)CS[C@@H]2C(NC(=O)C(=NO)c3ccc(O)c(NS(C)(=O)=O)c3)C(=O)N2C1. The Kier molecular flexibility index (Phi) is 7.44. The Morgan fingerprint density at radius 3 is 2.71 bits per heavy atom. The predicted octanol–water partition coefficient (Wildman–Crippen LogP) is -1.27. The van der Waals surface area contributed by atoms with Gasteiger partial charge in [0.05, 0.1) is 11.9 Å². The van der Waals surface area contributed by atoms with Crippen LogP contribution in [0.5, 0.6) is 5.75 Å². The van der Waals surface area contributed by atoms with Crippen molar-refractivity contribution in [3.63, 3.8) is 0 Å². The van der Waals surface area contributed by atoms with Gasteiger partial charge in [-0.25, -0.2) is 13.1 Å². The number of oxime groups is 1. The summed E-state index contributed by atoms with van der Waals surface area (Å²) in [5, 5.41) is 45.8. The number of benzene rings is 1. The quantitative estimate of drug-likeness (QED) is 0.0577. The van der Waals surface area contributed by atoms with Gasteiger partial charge in [0.2, 0.25) is 21.1 Å². The largest absolute Gasteiger partial charge is 0.506 e. The second kappa shape index (κ2) is 10.3. The van der Waals surface area contributed by atoms with E-state index in [-0.39, 0.29) is 29.3 Å². The molecule has 1 aromatic carbocycles. The van der Waals surface area contributed by atoms with E-state index >= 15 is 0 Å². The molecular formula is C19H22N8O8S3. The Hall–Kier alpha value is -3.58. The van der Waals surface area contributed by atoms with E-state index in [1.165, 1.54) is 27.4 Å². The lowest BCUT2D eigenvalue weighted by molar-refractivity contribution is -0.157. The van der Waals surface area contributed by atoms with Crippen molar-refractivity contribution in [2.45, 2.75) is 16.6 Å². The van der Waals surface area contributed by atoms with Gasteiger partial charge in [-0.05, 0) is 28.6 Å². The number of phenolic OH excluding ortho intramolecular Hbond substituents is 1. The fourth-order valence-corrected chi connectivity index (χ4v) is 7.13. The summed E-state index contributed by atoms with van der Waals surface area (Å²) in [6, 6.07) is 2.43. The number of aliphatic carboxylic acids is 1. The highest BCUT2D eigenvalue weighted by molar-refractivity contribution is 8.00. The number of hydrogen-bond acceptors (Lipinski definition) is 13. The molecule has 19 heteroatoms. The number of carbonyl (C=O) groups excluding carboxylic acids is 2. The molecule has 3 heterocycles. The molecule has 0 bridgehead atoms. The van der Waals surface area contributed by atoms with Gasteiger partial charge in [-0.3, -0.25) is 19.1 Å². The Morgan fingerprint density at radius 1 is 1.37 bits per heavy atom. The molecule has 16 nitrogen and oxygen atoms in total. The van der Waals surface area contributed by atoms with Crippen LogP contribution in [0, 0.1) is 5.41 Å². The molecule has 2 amide bonds. The Bertz CT molecular complexity index is 1430. The number of thioether (sulfide) groups is 2. The monoisotopic (exact) mass is 586 g/mol. The maximum absolute atomic E-state index is 12.9. The second-order valence-electron chi connectivity index (χ2n) is 8.63. The zero-order chi connectivity index (χ0) is 27.8. The molecule has 2 aromatic rings. The molecule has 0 spiro atoms. The summed E-state index contributed by atoms with van der Waals surface area (Å²) in [6.45, 7) is -0.0804. The number of rotatable bonds is 9. The lowest BCUT2D eigenvalue weighted by Gasteiger charge is -2.53. The molecule has 0 saturated carbocycles. The van der Waals surface area contributed by atoms with E-state index in [4.69, 9.17) is 0 Å². The number of anilines is 1. The number of carbonyl (C=O) groups is 3. The van der Waals surface area contributed by atoms with Gasteiger partial charge in [0.1, 0.15) is 22.6 Å². The van der Waals surface area contributed by atoms with Gasteiger partial charge in [-0.2, -0.15) is 0 Å². The lowest BCUT2D eigenvalue weighted by atomic mass is 9.89. The first-order valence-electron chi connectivity index (χ1n) is 10.7. The predicted molar refractivity (Wildman–Crippen MR) is 134 cm³/mol. The Balaban J connectivity index is 1.44. The first-order valence-corrected chi connectivity index (χ1v) is 14.6. The van der Waals surface area contributed by atoms with E-state index in [1.54, 1.807) is 7.05 Å². The number of tetrazole rings is 1. The van der Waals surface area contributed by atoms with Crippen molar-refractivity contribution in [2.24, 2.45) is 17.6 Å². The van der Waals surface area contributed by atoms with Crippen LogP contribution in [0.25, 0.3) is 0 Å². The van der Waals surface area contributed by atoms with Crippen LogP contribution >= 0.6 is 23.5 Å². The average molecular weight is 587 g/mol. The number of nitrogens with zero attached hydrogens (tertiary/aromatic N) is 6. The van der Waals surface area contributed by atoms with Crippen LogP contribution in [-0.2, 0) is 31.5 Å². The number of amides is 2. The zero-order valence-electron chi connectivity index (χ0n) is 19.8. The Labute approximate surface area is 223 Å². The van der Waals surface area contributed by atoms with Gasteiger partial charge in [-0.1, -0.05) is 16.9 Å². The maximum atomic E-state index is 12.9. The number of β-lactam (4-membered cyclic amide) rings is 1. The van der Waals surface area contributed by atoms with Crippen LogP contribution in [0.15, 0.2) is 28.5 Å². The number of hydrogen-bond donors (Lipinski definition) is 5. The molecule has 2 aliphatic heterocycles. The van der Waals surface area contributed by atoms with E-state index < -0.39 is 56.1 Å². The second-order valence-corrected chi connectivity index (χ2v) is 12.4. The fourth-order valence-electron chi connectivity index (χ4n) is 3.86. The van der Waals surface area contributed by atoms with Crippen LogP contribution in [-0.4, -0.2) is 108 Å². The van der Waals surface area contributed by atoms with Crippen molar-refractivity contribution in [3.05, 3.63) is 23.8 Å². The van der Waals surface area contributed by atoms with Crippen molar-refractivity contribution in [2.75, 3.05) is 29.0 Å². The summed E-state index contributed by atoms with van der Waals surface area (Å²) in [6.07, 6.45) is 0.868. The lowest BCUT2D eigenvalue weighted by Crippen LogP contribution is -2.74. The molecule has 0 aliphatic carbocycles. The smallest absolute Gasteiger partial charge is 0.313 e. The van der Waals surface area contributed by atoms with Crippen molar-refractivity contribution in [3.8, 4) is 5.75 Å². The zero-order valence-corrected chi connectivity index (χ0v) is 22.2. The van der Waals surface area contributed by atoms with E-state index in [0.29, 0.717) is 5.16 Å². The summed E-state index contributed by atoms with van der Waals surface area (Å²) < 4.78 is 26.6. The number of carboxylic acid groups (broad SMARTS) is 1. The third-order valence-corrected chi connectivity index (χ3v) is 9.30. The number of aromatic nitrogens is 4. The molecule has 204 valence electrons. The molecule has 0 radical (unpaired) electrons. The van der Waals surface area contributed by atoms with Crippen molar-refractivity contribution < 1.29 is 38.2 Å². The molecule has 2 fully saturated rings. The van der Waals surface area contributed by atoms with Crippen molar-refractivity contribution in [1.29, 1.82) is 0 Å². The minimum atomic E-state index is -3.76. The number of fused-ring (bicyclic) bond motifs is 1. The number of aromatic hydroxyl groups is 1. The van der Waals surface area contributed by atoms with Crippen LogP contribution < -0.4 is 10.0 Å². The normalized spacial score (nSPS) is 23.4. The minimum Gasteiger partial charge on any atom is -0.506 e. The molecule has 4 rings (SSSR count). The van der Waals surface area contributed by atoms with Crippen LogP contribution in [0.4, 0.5) is 5.69 Å². The highest BCUT2D eigenvalue weighted by atomic mass is 32.2. The summed E-state index contributed by atoms with van der Waals surface area (Å²) in [5.74, 6) is -2.66. The summed E-state index contributed by atoms with van der Waals surface area (Å²) in [5.41, 5.74) is -2.07. The summed E-state index contributed by atoms with van der Waals surface area (Å²) >= 11 is 2.35. The number of nitrogens with one attached hydrogen (secondary N) is 2. The van der Waals surface area contributed by atoms with Gasteiger partial charge < -0.3 is 25.6 Å². The molecule has 3 atom stereocenters. The van der Waals surface area contributed by atoms with E-state index in [2.05, 4.69) is 30.7 Å². The number of aryl methyl sites for hydroxylation is 1. The van der Waals surface area contributed by atoms with E-state index in [0.717, 1.165) is 30.2 Å². The van der Waals surface area contributed by atoms with Gasteiger partial charge >= 0.3 is 5.97 Å². The molecule has 2 saturated heterocycles. The van der Waals surface area contributed by atoms with E-state index in [9.17, 15) is 38.2 Å². The fraction of sp³-hybridized carbons (Fsp3) is 0.421.